The van der Waals surface area contributed by atoms with Crippen molar-refractivity contribution in [3.8, 4) is 17.0 Å². The minimum atomic E-state index is 0.479. The lowest BCUT2D eigenvalue weighted by Crippen LogP contribution is -1.99. The largest absolute Gasteiger partial charge is 0.494 e. The summed E-state index contributed by atoms with van der Waals surface area (Å²) in [6, 6.07) is 4.40. The molecule has 1 aliphatic rings. The van der Waals surface area contributed by atoms with E-state index in [0.29, 0.717) is 17.5 Å². The molecule has 0 aliphatic heterocycles. The normalized spacial score (nSPS) is 14.8. The minimum Gasteiger partial charge on any atom is -0.494 e. The van der Waals surface area contributed by atoms with Gasteiger partial charge in [0.2, 0.25) is 0 Å². The van der Waals surface area contributed by atoms with Crippen molar-refractivity contribution in [1.82, 2.24) is 15.0 Å². The van der Waals surface area contributed by atoms with Crippen LogP contribution in [-0.2, 0) is 0 Å². The quantitative estimate of drug-likeness (QED) is 0.840. The number of hydrogen-bond donors (Lipinski definition) is 1. The molecule has 5 nitrogen and oxygen atoms in total. The number of nitrogens with two attached hydrogens (primary N) is 1. The predicted molar refractivity (Wildman–Crippen MR) is 69.4 cm³/mol. The van der Waals surface area contributed by atoms with E-state index >= 15 is 0 Å². The molecule has 5 heteroatoms. The highest BCUT2D eigenvalue weighted by molar-refractivity contribution is 5.75. The Balaban J connectivity index is 2.08. The maximum absolute atomic E-state index is 5.97. The van der Waals surface area contributed by atoms with E-state index in [0.717, 1.165) is 16.8 Å². The number of rotatable bonds is 3. The van der Waals surface area contributed by atoms with E-state index in [-0.39, 0.29) is 0 Å². The molecule has 2 aromatic rings. The summed E-state index contributed by atoms with van der Waals surface area (Å²) in [6.07, 6.45) is 4.11. The molecule has 1 fully saturated rings. The van der Waals surface area contributed by atoms with Gasteiger partial charge in [0.25, 0.3) is 0 Å². The van der Waals surface area contributed by atoms with Crippen molar-refractivity contribution in [3.05, 3.63) is 23.9 Å². The third-order valence-electron chi connectivity index (χ3n) is 3.12. The zero-order valence-corrected chi connectivity index (χ0v) is 10.6. The van der Waals surface area contributed by atoms with Crippen LogP contribution >= 0.6 is 0 Å². The number of aryl methyl sites for hydroxylation is 1. The second kappa shape index (κ2) is 4.01. The van der Waals surface area contributed by atoms with E-state index in [9.17, 15) is 0 Å². The van der Waals surface area contributed by atoms with Crippen LogP contribution in [0.15, 0.2) is 18.3 Å². The monoisotopic (exact) mass is 244 g/mol. The summed E-state index contributed by atoms with van der Waals surface area (Å²) < 4.78 is 5.37. The molecule has 3 rings (SSSR count). The standard InChI is InChI=1S/C13H16N4O/c1-8-5-10(13(18-2)11(14)6-8)12-7-15-17(16-12)9-3-4-9/h5-7,9H,3-4,14H2,1-2H3. The van der Waals surface area contributed by atoms with Gasteiger partial charge in [0.05, 0.1) is 25.0 Å². The molecule has 1 aromatic carbocycles. The SMILES string of the molecule is COc1c(N)cc(C)cc1-c1cnn(C2CC2)n1. The van der Waals surface area contributed by atoms with Gasteiger partial charge in [-0.15, -0.1) is 0 Å². The lowest BCUT2D eigenvalue weighted by Gasteiger charge is -2.10. The predicted octanol–water partition coefficient (Wildman–Crippen LogP) is 2.18. The van der Waals surface area contributed by atoms with Crippen LogP contribution in [0.5, 0.6) is 5.75 Å². The smallest absolute Gasteiger partial charge is 0.151 e. The summed E-state index contributed by atoms with van der Waals surface area (Å²) in [7, 11) is 1.62. The molecule has 0 radical (unpaired) electrons. The molecule has 1 aromatic heterocycles. The third-order valence-corrected chi connectivity index (χ3v) is 3.12. The van der Waals surface area contributed by atoms with Gasteiger partial charge >= 0.3 is 0 Å². The van der Waals surface area contributed by atoms with Gasteiger partial charge in [-0.2, -0.15) is 15.0 Å². The van der Waals surface area contributed by atoms with Crippen molar-refractivity contribution < 1.29 is 4.74 Å². The fourth-order valence-electron chi connectivity index (χ4n) is 2.10. The Morgan fingerprint density at radius 2 is 2.17 bits per heavy atom. The molecule has 1 saturated carbocycles. The zero-order valence-electron chi connectivity index (χ0n) is 10.6. The summed E-state index contributed by atoms with van der Waals surface area (Å²) in [6.45, 7) is 2.00. The van der Waals surface area contributed by atoms with E-state index in [4.69, 9.17) is 10.5 Å². The molecule has 0 spiro atoms. The zero-order chi connectivity index (χ0) is 12.7. The van der Waals surface area contributed by atoms with Crippen LogP contribution in [0.25, 0.3) is 11.3 Å². The number of hydrogen-bond acceptors (Lipinski definition) is 4. The fourth-order valence-corrected chi connectivity index (χ4v) is 2.10. The first-order valence-corrected chi connectivity index (χ1v) is 6.05. The lowest BCUT2D eigenvalue weighted by atomic mass is 10.1. The van der Waals surface area contributed by atoms with Crippen LogP contribution < -0.4 is 10.5 Å². The van der Waals surface area contributed by atoms with E-state index in [1.54, 1.807) is 18.1 Å². The van der Waals surface area contributed by atoms with Gasteiger partial charge in [-0.3, -0.25) is 0 Å². The number of benzene rings is 1. The van der Waals surface area contributed by atoms with Gasteiger partial charge in [-0.1, -0.05) is 0 Å². The Morgan fingerprint density at radius 3 is 2.83 bits per heavy atom. The maximum Gasteiger partial charge on any atom is 0.151 e. The van der Waals surface area contributed by atoms with Crippen LogP contribution in [0.4, 0.5) is 5.69 Å². The first kappa shape index (κ1) is 11.1. The molecule has 0 atom stereocenters. The molecule has 0 saturated heterocycles. The average molecular weight is 244 g/mol. The highest BCUT2D eigenvalue weighted by Crippen LogP contribution is 2.37. The maximum atomic E-state index is 5.97. The molecule has 0 amide bonds. The van der Waals surface area contributed by atoms with Crippen LogP contribution in [0, 0.1) is 6.92 Å². The summed E-state index contributed by atoms with van der Waals surface area (Å²) in [5.74, 6) is 0.670. The van der Waals surface area contributed by atoms with Gasteiger partial charge in [0.1, 0.15) is 5.69 Å². The topological polar surface area (TPSA) is 66.0 Å². The van der Waals surface area contributed by atoms with Gasteiger partial charge in [-0.25, -0.2) is 0 Å². The number of anilines is 1. The van der Waals surface area contributed by atoms with Crippen LogP contribution in [-0.4, -0.2) is 22.1 Å². The van der Waals surface area contributed by atoms with E-state index in [2.05, 4.69) is 10.2 Å². The number of aromatic nitrogens is 3. The van der Waals surface area contributed by atoms with Crippen molar-refractivity contribution in [3.63, 3.8) is 0 Å². The summed E-state index contributed by atoms with van der Waals surface area (Å²) >= 11 is 0. The van der Waals surface area contributed by atoms with Gasteiger partial charge in [0, 0.05) is 5.56 Å². The molecule has 2 N–H and O–H groups in total. The first-order chi connectivity index (χ1) is 8.69. The average Bonchev–Trinajstić information content (AvgIpc) is 3.06. The number of nitrogens with zero attached hydrogens (tertiary/aromatic N) is 3. The fraction of sp³-hybridized carbons (Fsp3) is 0.385. The highest BCUT2D eigenvalue weighted by atomic mass is 16.5. The Labute approximate surface area is 106 Å². The number of nitrogen functional groups attached to an aromatic ring is 1. The molecule has 0 unspecified atom stereocenters. The Bertz CT molecular complexity index is 587. The summed E-state index contributed by atoms with van der Waals surface area (Å²) in [5, 5.41) is 8.80. The molecule has 0 bridgehead atoms. The molecule has 1 heterocycles. The molecule has 94 valence electrons. The Kier molecular flexibility index (Phi) is 2.47. The molecule has 18 heavy (non-hydrogen) atoms. The van der Waals surface area contributed by atoms with Crippen molar-refractivity contribution >= 4 is 5.69 Å². The molecular weight excluding hydrogens is 228 g/mol. The first-order valence-electron chi connectivity index (χ1n) is 6.05. The van der Waals surface area contributed by atoms with Crippen molar-refractivity contribution in [1.29, 1.82) is 0 Å². The van der Waals surface area contributed by atoms with Crippen molar-refractivity contribution in [2.24, 2.45) is 0 Å². The Morgan fingerprint density at radius 1 is 1.39 bits per heavy atom. The minimum absolute atomic E-state index is 0.479. The van der Waals surface area contributed by atoms with Crippen LogP contribution in [0.3, 0.4) is 0 Å². The lowest BCUT2D eigenvalue weighted by molar-refractivity contribution is 0.418. The van der Waals surface area contributed by atoms with Crippen molar-refractivity contribution in [2.75, 3.05) is 12.8 Å². The van der Waals surface area contributed by atoms with E-state index < -0.39 is 0 Å². The summed E-state index contributed by atoms with van der Waals surface area (Å²) in [4.78, 5) is 1.79. The second-order valence-corrected chi connectivity index (χ2v) is 4.72. The van der Waals surface area contributed by atoms with Gasteiger partial charge < -0.3 is 10.5 Å². The summed E-state index contributed by atoms with van der Waals surface area (Å²) in [5.41, 5.74) is 9.41. The van der Waals surface area contributed by atoms with Crippen LogP contribution in [0.2, 0.25) is 0 Å². The second-order valence-electron chi connectivity index (χ2n) is 4.72. The van der Waals surface area contributed by atoms with E-state index in [1.807, 2.05) is 19.1 Å². The van der Waals surface area contributed by atoms with Crippen LogP contribution in [0.1, 0.15) is 24.4 Å². The Hall–Kier alpha value is -2.04. The molecular formula is C13H16N4O. The highest BCUT2D eigenvalue weighted by Gasteiger charge is 2.26. The van der Waals surface area contributed by atoms with E-state index in [1.165, 1.54) is 12.8 Å². The molecule has 1 aliphatic carbocycles. The number of ether oxygens (including phenoxy) is 1. The van der Waals surface area contributed by atoms with Gasteiger partial charge in [-0.05, 0) is 37.5 Å². The third kappa shape index (κ3) is 1.81. The van der Waals surface area contributed by atoms with Crippen molar-refractivity contribution in [2.45, 2.75) is 25.8 Å². The number of methoxy groups -OCH3 is 1. The van der Waals surface area contributed by atoms with Gasteiger partial charge in [0.15, 0.2) is 5.75 Å².